The molecule has 5 heteroatoms. The highest BCUT2D eigenvalue weighted by molar-refractivity contribution is 4.71. The van der Waals surface area contributed by atoms with Crippen molar-refractivity contribution in [2.24, 2.45) is 5.92 Å². The maximum atomic E-state index is 11.2. The average Bonchev–Trinajstić information content (AvgIpc) is 2.47. The fourth-order valence-electron chi connectivity index (χ4n) is 1.07. The van der Waals surface area contributed by atoms with Crippen LogP contribution in [0.5, 0.6) is 0 Å². The van der Waals surface area contributed by atoms with E-state index in [-0.39, 0.29) is 6.61 Å². The minimum absolute atomic E-state index is 0.239. The smallest absolute Gasteiger partial charge is 0.390 e. The summed E-state index contributed by atoms with van der Waals surface area (Å²) in [6, 6.07) is 0. The summed E-state index contributed by atoms with van der Waals surface area (Å²) in [6.45, 7) is 4.98. The Balaban J connectivity index is 2.72. The third-order valence-electron chi connectivity index (χ3n) is 2.10. The first-order valence-electron chi connectivity index (χ1n) is 4.73. The van der Waals surface area contributed by atoms with Gasteiger partial charge in [0.25, 0.3) is 0 Å². The molecule has 1 atom stereocenters. The summed E-state index contributed by atoms with van der Waals surface area (Å²) in [4.78, 5) is 11.2. The fraction of sp³-hybridized carbons (Fsp3) is 0.778. The van der Waals surface area contributed by atoms with Crippen LogP contribution in [0.1, 0.15) is 26.2 Å². The van der Waals surface area contributed by atoms with Crippen molar-refractivity contribution in [2.75, 3.05) is 7.11 Å². The first kappa shape index (κ1) is 11.0. The van der Waals surface area contributed by atoms with Gasteiger partial charge in [0.15, 0.2) is 0 Å². The molecule has 0 aliphatic carbocycles. The zero-order chi connectivity index (χ0) is 10.6. The van der Waals surface area contributed by atoms with E-state index in [2.05, 4.69) is 18.9 Å². The zero-order valence-electron chi connectivity index (χ0n) is 8.82. The van der Waals surface area contributed by atoms with Gasteiger partial charge < -0.3 is 9.15 Å². The van der Waals surface area contributed by atoms with Gasteiger partial charge in [-0.05, 0) is 5.92 Å². The number of rotatable bonds is 5. The van der Waals surface area contributed by atoms with Gasteiger partial charge in [-0.3, -0.25) is 0 Å². The molecule has 0 aliphatic heterocycles. The van der Waals surface area contributed by atoms with Gasteiger partial charge in [-0.2, -0.15) is 4.68 Å². The number of ether oxygens (including phenoxy) is 1. The van der Waals surface area contributed by atoms with Gasteiger partial charge in [-0.1, -0.05) is 20.3 Å². The van der Waals surface area contributed by atoms with E-state index >= 15 is 0 Å². The maximum absolute atomic E-state index is 11.2. The second-order valence-electron chi connectivity index (χ2n) is 3.39. The van der Waals surface area contributed by atoms with Crippen molar-refractivity contribution in [3.8, 4) is 0 Å². The molecule has 0 saturated heterocycles. The largest absolute Gasteiger partial charge is 0.437 e. The molecule has 0 aromatic carbocycles. The fourth-order valence-corrected chi connectivity index (χ4v) is 1.07. The van der Waals surface area contributed by atoms with Crippen molar-refractivity contribution < 1.29 is 9.15 Å². The third-order valence-corrected chi connectivity index (χ3v) is 2.10. The molecule has 0 saturated carbocycles. The van der Waals surface area contributed by atoms with Crippen LogP contribution in [0, 0.1) is 5.92 Å². The number of nitrogens with zero attached hydrogens (tertiary/aromatic N) is 2. The Morgan fingerprint density at radius 3 is 2.93 bits per heavy atom. The van der Waals surface area contributed by atoms with E-state index in [0.717, 1.165) is 6.42 Å². The second-order valence-corrected chi connectivity index (χ2v) is 3.39. The Morgan fingerprint density at radius 1 is 1.64 bits per heavy atom. The predicted octanol–water partition coefficient (Wildman–Crippen LogP) is 1.03. The summed E-state index contributed by atoms with van der Waals surface area (Å²) in [6.07, 6.45) is 1.01. The summed E-state index contributed by atoms with van der Waals surface area (Å²) in [5.74, 6) is 0.353. The molecule has 0 fully saturated rings. The van der Waals surface area contributed by atoms with Crippen LogP contribution in [0.4, 0.5) is 0 Å². The van der Waals surface area contributed by atoms with Crippen LogP contribution in [0.15, 0.2) is 9.21 Å². The van der Waals surface area contributed by atoms with Gasteiger partial charge in [0.1, 0.15) is 6.61 Å². The molecular weight excluding hydrogens is 184 g/mol. The van der Waals surface area contributed by atoms with Crippen LogP contribution in [-0.2, 0) is 17.9 Å². The van der Waals surface area contributed by atoms with Crippen molar-refractivity contribution in [3.05, 3.63) is 16.4 Å². The van der Waals surface area contributed by atoms with Gasteiger partial charge >= 0.3 is 5.76 Å². The first-order valence-corrected chi connectivity index (χ1v) is 4.73. The molecular formula is C9H16N2O3. The van der Waals surface area contributed by atoms with Gasteiger partial charge in [-0.15, -0.1) is 5.10 Å². The number of hydrogen-bond donors (Lipinski definition) is 0. The topological polar surface area (TPSA) is 57.3 Å². The summed E-state index contributed by atoms with van der Waals surface area (Å²) in [5.41, 5.74) is 0. The Hall–Kier alpha value is -1.10. The van der Waals surface area contributed by atoms with Crippen LogP contribution >= 0.6 is 0 Å². The van der Waals surface area contributed by atoms with Crippen molar-refractivity contribution >= 4 is 0 Å². The standard InChI is InChI=1S/C9H16N2O3/c1-4-7(2)5-11-9(12)14-8(10-11)6-13-3/h7H,4-6H2,1-3H3. The summed E-state index contributed by atoms with van der Waals surface area (Å²) < 4.78 is 11.0. The zero-order valence-corrected chi connectivity index (χ0v) is 8.82. The maximum Gasteiger partial charge on any atom is 0.437 e. The van der Waals surface area contributed by atoms with Crippen molar-refractivity contribution in [3.63, 3.8) is 0 Å². The Bertz CT molecular complexity index is 329. The molecule has 1 aromatic rings. The molecule has 1 aromatic heterocycles. The van der Waals surface area contributed by atoms with E-state index in [1.165, 1.54) is 11.8 Å². The summed E-state index contributed by atoms with van der Waals surface area (Å²) >= 11 is 0. The quantitative estimate of drug-likeness (QED) is 0.712. The SMILES string of the molecule is CCC(C)Cn1nc(COC)oc1=O. The number of hydrogen-bond acceptors (Lipinski definition) is 4. The molecule has 1 unspecified atom stereocenters. The predicted molar refractivity (Wildman–Crippen MR) is 50.9 cm³/mol. The molecule has 0 bridgehead atoms. The molecule has 0 amide bonds. The Labute approximate surface area is 82.7 Å². The highest BCUT2D eigenvalue weighted by atomic mass is 16.5. The minimum Gasteiger partial charge on any atom is -0.390 e. The van der Waals surface area contributed by atoms with Gasteiger partial charge in [0.2, 0.25) is 5.89 Å². The van der Waals surface area contributed by atoms with E-state index in [0.29, 0.717) is 18.4 Å². The molecule has 0 N–H and O–H groups in total. The van der Waals surface area contributed by atoms with E-state index in [1.807, 2.05) is 0 Å². The van der Waals surface area contributed by atoms with Gasteiger partial charge in [-0.25, -0.2) is 4.79 Å². The normalized spacial score (nSPS) is 13.1. The van der Waals surface area contributed by atoms with E-state index in [1.54, 1.807) is 0 Å². The van der Waals surface area contributed by atoms with Crippen molar-refractivity contribution in [2.45, 2.75) is 33.4 Å². The van der Waals surface area contributed by atoms with Gasteiger partial charge in [0.05, 0.1) is 6.54 Å². The summed E-state index contributed by atoms with van der Waals surface area (Å²) in [7, 11) is 1.54. The van der Waals surface area contributed by atoms with Crippen LogP contribution < -0.4 is 5.76 Å². The second kappa shape index (κ2) is 4.95. The number of aromatic nitrogens is 2. The van der Waals surface area contributed by atoms with E-state index in [4.69, 9.17) is 9.15 Å². The lowest BCUT2D eigenvalue weighted by molar-refractivity contribution is 0.158. The molecule has 80 valence electrons. The Kier molecular flexibility index (Phi) is 3.88. The third kappa shape index (κ3) is 2.70. The molecule has 1 heterocycles. The minimum atomic E-state index is -0.405. The van der Waals surface area contributed by atoms with Crippen molar-refractivity contribution in [1.82, 2.24) is 9.78 Å². The van der Waals surface area contributed by atoms with Crippen LogP contribution in [0.25, 0.3) is 0 Å². The highest BCUT2D eigenvalue weighted by Gasteiger charge is 2.09. The van der Waals surface area contributed by atoms with E-state index < -0.39 is 5.76 Å². The lowest BCUT2D eigenvalue weighted by Gasteiger charge is -2.04. The molecule has 14 heavy (non-hydrogen) atoms. The molecule has 0 spiro atoms. The molecule has 5 nitrogen and oxygen atoms in total. The van der Waals surface area contributed by atoms with Crippen LogP contribution in [-0.4, -0.2) is 16.9 Å². The van der Waals surface area contributed by atoms with Crippen molar-refractivity contribution in [1.29, 1.82) is 0 Å². The van der Waals surface area contributed by atoms with Gasteiger partial charge in [0, 0.05) is 7.11 Å². The highest BCUT2D eigenvalue weighted by Crippen LogP contribution is 2.02. The lowest BCUT2D eigenvalue weighted by atomic mass is 10.1. The van der Waals surface area contributed by atoms with Crippen LogP contribution in [0.2, 0.25) is 0 Å². The van der Waals surface area contributed by atoms with Crippen LogP contribution in [0.3, 0.4) is 0 Å². The van der Waals surface area contributed by atoms with E-state index in [9.17, 15) is 4.79 Å². The molecule has 0 radical (unpaired) electrons. The molecule has 0 aliphatic rings. The monoisotopic (exact) mass is 200 g/mol. The molecule has 1 rings (SSSR count). The summed E-state index contributed by atoms with van der Waals surface area (Å²) in [5, 5.41) is 4.00. The first-order chi connectivity index (χ1) is 6.67. The Morgan fingerprint density at radius 2 is 2.36 bits per heavy atom. The average molecular weight is 200 g/mol. The number of methoxy groups -OCH3 is 1. The lowest BCUT2D eigenvalue weighted by Crippen LogP contribution is -2.19.